The molecular formula is C17H27NO4. The van der Waals surface area contributed by atoms with E-state index in [0.717, 1.165) is 18.4 Å². The van der Waals surface area contributed by atoms with Gasteiger partial charge in [0, 0.05) is 6.42 Å². The molecule has 0 fully saturated rings. The van der Waals surface area contributed by atoms with Gasteiger partial charge in [-0.1, -0.05) is 45.1 Å². The summed E-state index contributed by atoms with van der Waals surface area (Å²) in [6.45, 7) is 2.56. The van der Waals surface area contributed by atoms with Crippen LogP contribution in [0.25, 0.3) is 0 Å². The van der Waals surface area contributed by atoms with Crippen LogP contribution in [0.3, 0.4) is 0 Å². The Morgan fingerprint density at radius 2 is 1.91 bits per heavy atom. The van der Waals surface area contributed by atoms with Gasteiger partial charge in [-0.2, -0.15) is 0 Å². The summed E-state index contributed by atoms with van der Waals surface area (Å²) in [5.74, 6) is 0.255. The fourth-order valence-corrected chi connectivity index (χ4v) is 2.13. The molecule has 1 rings (SSSR count). The first-order chi connectivity index (χ1) is 10.7. The van der Waals surface area contributed by atoms with Crippen molar-refractivity contribution in [1.82, 2.24) is 5.48 Å². The summed E-state index contributed by atoms with van der Waals surface area (Å²) in [5.41, 5.74) is 3.51. The molecule has 5 nitrogen and oxygen atoms in total. The Bertz CT molecular complexity index is 448. The molecule has 0 spiro atoms. The number of nitrogens with one attached hydrogen (secondary N) is 1. The minimum absolute atomic E-state index is 0.0892. The van der Waals surface area contributed by atoms with Gasteiger partial charge in [0.25, 0.3) is 0 Å². The lowest BCUT2D eigenvalue weighted by molar-refractivity contribution is -0.151. The molecule has 5 heteroatoms. The summed E-state index contributed by atoms with van der Waals surface area (Å²) < 4.78 is 5.02. The molecule has 1 aromatic carbocycles. The van der Waals surface area contributed by atoms with Gasteiger partial charge in [0.2, 0.25) is 0 Å². The molecule has 2 N–H and O–H groups in total. The largest absolute Gasteiger partial charge is 0.504 e. The number of hydrogen-bond acceptors (Lipinski definition) is 5. The van der Waals surface area contributed by atoms with Crippen LogP contribution >= 0.6 is 0 Å². The Kier molecular flexibility index (Phi) is 9.07. The maximum atomic E-state index is 11.5. The van der Waals surface area contributed by atoms with Crippen LogP contribution in [0.1, 0.15) is 57.4 Å². The van der Waals surface area contributed by atoms with Crippen molar-refractivity contribution in [2.75, 3.05) is 7.11 Å². The monoisotopic (exact) mass is 309 g/mol. The quantitative estimate of drug-likeness (QED) is 0.482. The summed E-state index contributed by atoms with van der Waals surface area (Å²) in [6.07, 6.45) is 7.31. The van der Waals surface area contributed by atoms with Crippen LogP contribution in [0, 0.1) is 0 Å². The van der Waals surface area contributed by atoms with Crippen LogP contribution in [0.2, 0.25) is 0 Å². The Labute approximate surface area is 132 Å². The predicted molar refractivity (Wildman–Crippen MR) is 85.6 cm³/mol. The van der Waals surface area contributed by atoms with E-state index in [4.69, 9.17) is 9.57 Å². The van der Waals surface area contributed by atoms with Crippen LogP contribution in [0.4, 0.5) is 0 Å². The Morgan fingerprint density at radius 1 is 1.18 bits per heavy atom. The lowest BCUT2D eigenvalue weighted by atomic mass is 10.1. The number of methoxy groups -OCH3 is 1. The molecule has 0 radical (unpaired) electrons. The number of hydrogen-bond donors (Lipinski definition) is 2. The smallest absolute Gasteiger partial charge is 0.324 e. The number of rotatable bonds is 11. The van der Waals surface area contributed by atoms with Gasteiger partial charge in [-0.15, -0.1) is 5.48 Å². The van der Waals surface area contributed by atoms with Crippen molar-refractivity contribution in [3.05, 3.63) is 23.8 Å². The summed E-state index contributed by atoms with van der Waals surface area (Å²) in [7, 11) is 1.49. The Balaban J connectivity index is 2.14. The highest BCUT2D eigenvalue weighted by molar-refractivity contribution is 5.68. The van der Waals surface area contributed by atoms with Crippen molar-refractivity contribution in [3.63, 3.8) is 0 Å². The van der Waals surface area contributed by atoms with E-state index in [0.29, 0.717) is 18.7 Å². The molecule has 0 atom stereocenters. The fourth-order valence-electron chi connectivity index (χ4n) is 2.13. The van der Waals surface area contributed by atoms with E-state index in [1.54, 1.807) is 18.2 Å². The molecule has 0 heterocycles. The van der Waals surface area contributed by atoms with Gasteiger partial charge in [-0.05, 0) is 24.1 Å². The molecule has 0 aliphatic carbocycles. The molecule has 22 heavy (non-hydrogen) atoms. The second-order valence-corrected chi connectivity index (χ2v) is 5.32. The van der Waals surface area contributed by atoms with E-state index in [1.807, 2.05) is 0 Å². The van der Waals surface area contributed by atoms with Crippen molar-refractivity contribution in [2.45, 2.75) is 58.4 Å². The molecule has 0 saturated heterocycles. The van der Waals surface area contributed by atoms with E-state index in [2.05, 4.69) is 12.4 Å². The van der Waals surface area contributed by atoms with E-state index in [9.17, 15) is 9.90 Å². The molecule has 0 saturated carbocycles. The first kappa shape index (κ1) is 18.3. The molecule has 124 valence electrons. The molecule has 0 amide bonds. The molecule has 0 aliphatic rings. The van der Waals surface area contributed by atoms with Crippen molar-refractivity contribution >= 4 is 5.97 Å². The van der Waals surface area contributed by atoms with Gasteiger partial charge in [0.15, 0.2) is 11.5 Å². The third kappa shape index (κ3) is 7.31. The summed E-state index contributed by atoms with van der Waals surface area (Å²) >= 11 is 0. The average Bonchev–Trinajstić information content (AvgIpc) is 2.52. The third-order valence-corrected chi connectivity index (χ3v) is 3.44. The van der Waals surface area contributed by atoms with Crippen molar-refractivity contribution in [1.29, 1.82) is 0 Å². The maximum Gasteiger partial charge on any atom is 0.324 e. The Morgan fingerprint density at radius 3 is 2.64 bits per heavy atom. The number of unbranched alkanes of at least 4 members (excludes halogenated alkanes) is 5. The van der Waals surface area contributed by atoms with Gasteiger partial charge in [0.05, 0.1) is 13.7 Å². The van der Waals surface area contributed by atoms with E-state index in [-0.39, 0.29) is 11.7 Å². The van der Waals surface area contributed by atoms with Gasteiger partial charge in [0.1, 0.15) is 0 Å². The van der Waals surface area contributed by atoms with E-state index in [1.165, 1.54) is 32.8 Å². The van der Waals surface area contributed by atoms with Crippen LogP contribution < -0.4 is 10.2 Å². The zero-order valence-corrected chi connectivity index (χ0v) is 13.6. The van der Waals surface area contributed by atoms with Crippen molar-refractivity contribution in [3.8, 4) is 11.5 Å². The van der Waals surface area contributed by atoms with Crippen molar-refractivity contribution in [2.24, 2.45) is 0 Å². The number of carbonyl (C=O) groups excluding carboxylic acids is 1. The van der Waals surface area contributed by atoms with Crippen LogP contribution in [0.15, 0.2) is 18.2 Å². The molecular weight excluding hydrogens is 282 g/mol. The maximum absolute atomic E-state index is 11.5. The molecule has 0 aromatic heterocycles. The topological polar surface area (TPSA) is 67.8 Å². The lowest BCUT2D eigenvalue weighted by Gasteiger charge is -2.08. The van der Waals surface area contributed by atoms with Crippen LogP contribution in [-0.2, 0) is 16.2 Å². The highest BCUT2D eigenvalue weighted by Crippen LogP contribution is 2.26. The number of benzene rings is 1. The molecule has 0 aliphatic heterocycles. The van der Waals surface area contributed by atoms with Gasteiger partial charge < -0.3 is 14.7 Å². The van der Waals surface area contributed by atoms with E-state index >= 15 is 0 Å². The summed E-state index contributed by atoms with van der Waals surface area (Å²) in [4.78, 5) is 16.5. The number of phenols is 1. The van der Waals surface area contributed by atoms with Gasteiger partial charge >= 0.3 is 5.97 Å². The lowest BCUT2D eigenvalue weighted by Crippen LogP contribution is -2.19. The number of ether oxygens (including phenoxy) is 1. The van der Waals surface area contributed by atoms with Crippen LogP contribution in [0.5, 0.6) is 11.5 Å². The van der Waals surface area contributed by atoms with Crippen LogP contribution in [-0.4, -0.2) is 18.2 Å². The number of aromatic hydroxyl groups is 1. The standard InChI is InChI=1S/C17H27NO4/c1-3-4-5-6-7-8-9-17(20)22-18-13-14-10-11-15(19)16(12-14)21-2/h10-12,18-19H,3-9,13H2,1-2H3. The zero-order valence-electron chi connectivity index (χ0n) is 13.6. The molecule has 0 unspecified atom stereocenters. The second-order valence-electron chi connectivity index (χ2n) is 5.32. The second kappa shape index (κ2) is 10.9. The SMILES string of the molecule is CCCCCCCCC(=O)ONCc1ccc(O)c(OC)c1. The highest BCUT2D eigenvalue weighted by Gasteiger charge is 2.05. The van der Waals surface area contributed by atoms with Gasteiger partial charge in [-0.3, -0.25) is 4.79 Å². The third-order valence-electron chi connectivity index (χ3n) is 3.44. The van der Waals surface area contributed by atoms with Gasteiger partial charge in [-0.25, -0.2) is 0 Å². The first-order valence-corrected chi connectivity index (χ1v) is 7.95. The fraction of sp³-hybridized carbons (Fsp3) is 0.588. The molecule has 1 aromatic rings. The Hall–Kier alpha value is -1.75. The summed E-state index contributed by atoms with van der Waals surface area (Å²) in [5, 5.41) is 9.49. The molecule has 0 bridgehead atoms. The number of hydroxylamine groups is 1. The minimum Gasteiger partial charge on any atom is -0.504 e. The summed E-state index contributed by atoms with van der Waals surface area (Å²) in [6, 6.07) is 4.99. The number of carbonyl (C=O) groups is 1. The zero-order chi connectivity index (χ0) is 16.2. The number of phenolic OH excluding ortho intramolecular Hbond substituents is 1. The highest BCUT2D eigenvalue weighted by atomic mass is 16.7. The van der Waals surface area contributed by atoms with Crippen molar-refractivity contribution < 1.29 is 19.5 Å². The first-order valence-electron chi connectivity index (χ1n) is 7.95. The van der Waals surface area contributed by atoms with E-state index < -0.39 is 0 Å². The average molecular weight is 309 g/mol. The predicted octanol–water partition coefficient (Wildman–Crippen LogP) is 3.70. The minimum atomic E-state index is -0.235. The normalized spacial score (nSPS) is 10.5.